The molecule has 0 bridgehead atoms. The monoisotopic (exact) mass is 205 g/mol. The number of Topliss-reactive ketones (excluding diaryl/α,β-unsaturated/α-hetero) is 1. The van der Waals surface area contributed by atoms with Crippen LogP contribution in [0.15, 0.2) is 12.3 Å². The van der Waals surface area contributed by atoms with Crippen molar-refractivity contribution in [2.24, 2.45) is 5.92 Å². The molecule has 0 aliphatic heterocycles. The van der Waals surface area contributed by atoms with E-state index in [1.807, 2.05) is 13.0 Å². The smallest absolute Gasteiger partial charge is 0.216 e. The minimum Gasteiger partial charge on any atom is -0.477 e. The summed E-state index contributed by atoms with van der Waals surface area (Å²) in [6.07, 6.45) is 4.12. The number of hydrogen-bond acceptors (Lipinski definition) is 3. The SMILES string of the molecule is CC(=O)c1cnc(OCC2CC2)c(C)c1. The number of ketones is 1. The van der Waals surface area contributed by atoms with Crippen molar-refractivity contribution in [3.63, 3.8) is 0 Å². The number of rotatable bonds is 4. The molecule has 0 N–H and O–H groups in total. The van der Waals surface area contributed by atoms with Crippen LogP contribution in [0.5, 0.6) is 5.88 Å². The predicted octanol–water partition coefficient (Wildman–Crippen LogP) is 2.38. The summed E-state index contributed by atoms with van der Waals surface area (Å²) in [6.45, 7) is 4.22. The number of aryl methyl sites for hydroxylation is 1. The molecule has 1 heterocycles. The third kappa shape index (κ3) is 2.55. The van der Waals surface area contributed by atoms with Crippen LogP contribution >= 0.6 is 0 Å². The maximum Gasteiger partial charge on any atom is 0.216 e. The van der Waals surface area contributed by atoms with Crippen molar-refractivity contribution in [1.29, 1.82) is 0 Å². The molecule has 3 nitrogen and oxygen atoms in total. The lowest BCUT2D eigenvalue weighted by atomic mass is 10.1. The summed E-state index contributed by atoms with van der Waals surface area (Å²) >= 11 is 0. The zero-order valence-corrected chi connectivity index (χ0v) is 9.12. The van der Waals surface area contributed by atoms with E-state index in [0.29, 0.717) is 11.4 Å². The minimum absolute atomic E-state index is 0.0411. The van der Waals surface area contributed by atoms with Gasteiger partial charge in [-0.05, 0) is 38.7 Å². The Hall–Kier alpha value is -1.38. The van der Waals surface area contributed by atoms with Crippen LogP contribution in [0, 0.1) is 12.8 Å². The van der Waals surface area contributed by atoms with Gasteiger partial charge in [0.15, 0.2) is 5.78 Å². The molecule has 3 heteroatoms. The van der Waals surface area contributed by atoms with Gasteiger partial charge >= 0.3 is 0 Å². The molecule has 80 valence electrons. The highest BCUT2D eigenvalue weighted by atomic mass is 16.5. The molecule has 0 spiro atoms. The first-order valence-corrected chi connectivity index (χ1v) is 5.27. The lowest BCUT2D eigenvalue weighted by Crippen LogP contribution is -2.04. The highest BCUT2D eigenvalue weighted by Crippen LogP contribution is 2.29. The number of ether oxygens (including phenoxy) is 1. The van der Waals surface area contributed by atoms with Crippen molar-refractivity contribution in [1.82, 2.24) is 4.98 Å². The van der Waals surface area contributed by atoms with Crippen LogP contribution < -0.4 is 4.74 Å². The summed E-state index contributed by atoms with van der Waals surface area (Å²) in [6, 6.07) is 1.83. The van der Waals surface area contributed by atoms with E-state index in [2.05, 4.69) is 4.98 Å². The second kappa shape index (κ2) is 4.01. The summed E-state index contributed by atoms with van der Waals surface area (Å²) in [5.74, 6) is 1.42. The molecule has 0 aromatic carbocycles. The summed E-state index contributed by atoms with van der Waals surface area (Å²) < 4.78 is 5.57. The van der Waals surface area contributed by atoms with Crippen molar-refractivity contribution >= 4 is 5.78 Å². The van der Waals surface area contributed by atoms with Gasteiger partial charge in [-0.15, -0.1) is 0 Å². The van der Waals surface area contributed by atoms with Crippen LogP contribution in [0.4, 0.5) is 0 Å². The third-order valence-corrected chi connectivity index (χ3v) is 2.59. The number of carbonyl (C=O) groups excluding carboxylic acids is 1. The standard InChI is InChI=1S/C12H15NO2/c1-8-5-11(9(2)14)6-13-12(8)15-7-10-3-4-10/h5-6,10H,3-4,7H2,1-2H3. The highest BCUT2D eigenvalue weighted by Gasteiger charge is 2.22. The molecule has 2 rings (SSSR count). The van der Waals surface area contributed by atoms with E-state index < -0.39 is 0 Å². The maximum absolute atomic E-state index is 11.1. The second-order valence-electron chi connectivity index (χ2n) is 4.16. The normalized spacial score (nSPS) is 15.1. The van der Waals surface area contributed by atoms with Gasteiger partial charge in [0.25, 0.3) is 0 Å². The zero-order chi connectivity index (χ0) is 10.8. The van der Waals surface area contributed by atoms with E-state index >= 15 is 0 Å². The van der Waals surface area contributed by atoms with Crippen molar-refractivity contribution < 1.29 is 9.53 Å². The Morgan fingerprint density at radius 2 is 2.33 bits per heavy atom. The quantitative estimate of drug-likeness (QED) is 0.708. The molecular formula is C12H15NO2. The van der Waals surface area contributed by atoms with Crippen molar-refractivity contribution in [2.75, 3.05) is 6.61 Å². The first-order chi connectivity index (χ1) is 7.16. The van der Waals surface area contributed by atoms with E-state index in [1.54, 1.807) is 13.1 Å². The molecular weight excluding hydrogens is 190 g/mol. The number of aromatic nitrogens is 1. The molecule has 15 heavy (non-hydrogen) atoms. The Morgan fingerprint density at radius 1 is 1.60 bits per heavy atom. The fraction of sp³-hybridized carbons (Fsp3) is 0.500. The number of pyridine rings is 1. The Morgan fingerprint density at radius 3 is 2.87 bits per heavy atom. The molecule has 0 amide bonds. The topological polar surface area (TPSA) is 39.2 Å². The molecule has 1 aliphatic rings. The minimum atomic E-state index is 0.0411. The molecule has 1 fully saturated rings. The lowest BCUT2D eigenvalue weighted by Gasteiger charge is -2.07. The summed E-state index contributed by atoms with van der Waals surface area (Å²) in [4.78, 5) is 15.3. The summed E-state index contributed by atoms with van der Waals surface area (Å²) in [7, 11) is 0. The van der Waals surface area contributed by atoms with Crippen LogP contribution in [-0.4, -0.2) is 17.4 Å². The maximum atomic E-state index is 11.1. The molecule has 0 radical (unpaired) electrons. The second-order valence-corrected chi connectivity index (χ2v) is 4.16. The predicted molar refractivity (Wildman–Crippen MR) is 57.2 cm³/mol. The first-order valence-electron chi connectivity index (χ1n) is 5.27. The molecule has 0 saturated heterocycles. The largest absolute Gasteiger partial charge is 0.477 e. The van der Waals surface area contributed by atoms with Gasteiger partial charge in [-0.25, -0.2) is 4.98 Å². The van der Waals surface area contributed by atoms with Gasteiger partial charge in [0.05, 0.1) is 6.61 Å². The third-order valence-electron chi connectivity index (χ3n) is 2.59. The Kier molecular flexibility index (Phi) is 2.71. The van der Waals surface area contributed by atoms with Gasteiger partial charge in [-0.1, -0.05) is 0 Å². The van der Waals surface area contributed by atoms with Crippen LogP contribution in [0.3, 0.4) is 0 Å². The van der Waals surface area contributed by atoms with E-state index in [0.717, 1.165) is 18.1 Å². The summed E-state index contributed by atoms with van der Waals surface area (Å²) in [5.41, 5.74) is 1.58. The van der Waals surface area contributed by atoms with E-state index in [-0.39, 0.29) is 5.78 Å². The van der Waals surface area contributed by atoms with Crippen LogP contribution in [-0.2, 0) is 0 Å². The van der Waals surface area contributed by atoms with Crippen molar-refractivity contribution in [2.45, 2.75) is 26.7 Å². The van der Waals surface area contributed by atoms with Gasteiger partial charge in [-0.3, -0.25) is 4.79 Å². The lowest BCUT2D eigenvalue weighted by molar-refractivity contribution is 0.101. The van der Waals surface area contributed by atoms with Gasteiger partial charge < -0.3 is 4.74 Å². The first kappa shape index (κ1) is 10.1. The molecule has 1 aliphatic carbocycles. The van der Waals surface area contributed by atoms with Gasteiger partial charge in [0.2, 0.25) is 5.88 Å². The Balaban J connectivity index is 2.07. The number of carbonyl (C=O) groups is 1. The van der Waals surface area contributed by atoms with E-state index in [1.165, 1.54) is 12.8 Å². The molecule has 0 atom stereocenters. The number of nitrogens with zero attached hydrogens (tertiary/aromatic N) is 1. The molecule has 0 unspecified atom stereocenters. The fourth-order valence-corrected chi connectivity index (χ4v) is 1.39. The van der Waals surface area contributed by atoms with Crippen LogP contribution in [0.1, 0.15) is 35.7 Å². The van der Waals surface area contributed by atoms with Crippen molar-refractivity contribution in [3.05, 3.63) is 23.4 Å². The van der Waals surface area contributed by atoms with Gasteiger partial charge in [0, 0.05) is 17.3 Å². The number of hydrogen-bond donors (Lipinski definition) is 0. The van der Waals surface area contributed by atoms with Crippen molar-refractivity contribution in [3.8, 4) is 5.88 Å². The van der Waals surface area contributed by atoms with Gasteiger partial charge in [0.1, 0.15) is 0 Å². The fourth-order valence-electron chi connectivity index (χ4n) is 1.39. The highest BCUT2D eigenvalue weighted by molar-refractivity contribution is 5.93. The van der Waals surface area contributed by atoms with E-state index in [4.69, 9.17) is 4.74 Å². The van der Waals surface area contributed by atoms with E-state index in [9.17, 15) is 4.79 Å². The molecule has 1 aromatic rings. The van der Waals surface area contributed by atoms with Gasteiger partial charge in [-0.2, -0.15) is 0 Å². The van der Waals surface area contributed by atoms with Crippen LogP contribution in [0.2, 0.25) is 0 Å². The Labute approximate surface area is 89.5 Å². The van der Waals surface area contributed by atoms with Crippen LogP contribution in [0.25, 0.3) is 0 Å². The zero-order valence-electron chi connectivity index (χ0n) is 9.12. The molecule has 1 aromatic heterocycles. The molecule has 1 saturated carbocycles. The average Bonchev–Trinajstić information content (AvgIpc) is 2.99. The summed E-state index contributed by atoms with van der Waals surface area (Å²) in [5, 5.41) is 0. The Bertz CT molecular complexity index is 383. The average molecular weight is 205 g/mol.